The molecule has 2 aromatic rings. The molecule has 0 aliphatic heterocycles. The van der Waals surface area contributed by atoms with Crippen LogP contribution in [0.15, 0.2) is 24.3 Å². The van der Waals surface area contributed by atoms with E-state index >= 15 is 0 Å². The van der Waals surface area contributed by atoms with Crippen LogP contribution in [-0.4, -0.2) is 16.1 Å². The van der Waals surface area contributed by atoms with E-state index in [-0.39, 0.29) is 5.92 Å². The molecule has 0 amide bonds. The van der Waals surface area contributed by atoms with Crippen molar-refractivity contribution in [2.24, 2.45) is 0 Å². The van der Waals surface area contributed by atoms with E-state index in [0.29, 0.717) is 10.6 Å². The smallest absolute Gasteiger partial charge is 0.348 e. The summed E-state index contributed by atoms with van der Waals surface area (Å²) in [5.74, 6) is -0.683. The highest BCUT2D eigenvalue weighted by Gasteiger charge is 2.16. The van der Waals surface area contributed by atoms with E-state index in [1.165, 1.54) is 16.9 Å². The lowest BCUT2D eigenvalue weighted by molar-refractivity contribution is 0.0701. The van der Waals surface area contributed by atoms with Crippen LogP contribution in [0.4, 0.5) is 0 Å². The molecule has 0 saturated heterocycles. The molecule has 0 aliphatic rings. The first kappa shape index (κ1) is 14.5. The maximum atomic E-state index is 11.3. The SMILES string of the molecule is Cc1ccc(/C=C/c2nc(C(C)C)sc2C(=O)O)cc1. The van der Waals surface area contributed by atoms with Gasteiger partial charge in [0.25, 0.3) is 0 Å². The van der Waals surface area contributed by atoms with Crippen LogP contribution in [0, 0.1) is 6.92 Å². The fraction of sp³-hybridized carbons (Fsp3) is 0.250. The molecule has 1 heterocycles. The monoisotopic (exact) mass is 287 g/mol. The molecular formula is C16H17NO2S. The van der Waals surface area contributed by atoms with Crippen molar-refractivity contribution >= 4 is 29.5 Å². The quantitative estimate of drug-likeness (QED) is 0.904. The van der Waals surface area contributed by atoms with E-state index in [1.54, 1.807) is 6.08 Å². The summed E-state index contributed by atoms with van der Waals surface area (Å²) in [7, 11) is 0. The summed E-state index contributed by atoms with van der Waals surface area (Å²) < 4.78 is 0. The summed E-state index contributed by atoms with van der Waals surface area (Å²) in [5.41, 5.74) is 2.77. The Labute approximate surface area is 122 Å². The third kappa shape index (κ3) is 3.33. The van der Waals surface area contributed by atoms with E-state index in [1.807, 2.05) is 51.1 Å². The molecule has 1 aromatic heterocycles. The Bertz CT molecular complexity index is 639. The minimum absolute atomic E-state index is 0.236. The number of benzene rings is 1. The molecule has 0 bridgehead atoms. The molecule has 3 nitrogen and oxygen atoms in total. The van der Waals surface area contributed by atoms with Crippen LogP contribution in [-0.2, 0) is 0 Å². The van der Waals surface area contributed by atoms with Gasteiger partial charge in [-0.25, -0.2) is 9.78 Å². The van der Waals surface area contributed by atoms with E-state index in [2.05, 4.69) is 4.98 Å². The highest BCUT2D eigenvalue weighted by atomic mass is 32.1. The summed E-state index contributed by atoms with van der Waals surface area (Å²) in [6, 6.07) is 8.06. The first-order valence-corrected chi connectivity index (χ1v) is 7.28. The van der Waals surface area contributed by atoms with Crippen molar-refractivity contribution in [3.63, 3.8) is 0 Å². The molecule has 0 saturated carbocycles. The second-order valence-corrected chi connectivity index (χ2v) is 6.00. The third-order valence-electron chi connectivity index (χ3n) is 2.87. The molecule has 0 fully saturated rings. The summed E-state index contributed by atoms with van der Waals surface area (Å²) in [6.07, 6.45) is 3.67. The number of carboxylic acids is 1. The van der Waals surface area contributed by atoms with Crippen molar-refractivity contribution in [1.82, 2.24) is 4.98 Å². The standard InChI is InChI=1S/C16H17NO2S/c1-10(2)15-17-13(14(20-15)16(18)19)9-8-12-6-4-11(3)5-7-12/h4-10H,1-3H3,(H,18,19)/b9-8+. The third-order valence-corrected chi connectivity index (χ3v) is 4.23. The topological polar surface area (TPSA) is 50.2 Å². The normalized spacial score (nSPS) is 11.4. The molecule has 0 unspecified atom stereocenters. The van der Waals surface area contributed by atoms with E-state index in [9.17, 15) is 9.90 Å². The highest BCUT2D eigenvalue weighted by Crippen LogP contribution is 2.26. The fourth-order valence-corrected chi connectivity index (χ4v) is 2.61. The summed E-state index contributed by atoms with van der Waals surface area (Å²) >= 11 is 1.25. The number of thiazole rings is 1. The highest BCUT2D eigenvalue weighted by molar-refractivity contribution is 7.13. The molecular weight excluding hydrogens is 270 g/mol. The molecule has 0 atom stereocenters. The minimum atomic E-state index is -0.919. The summed E-state index contributed by atoms with van der Waals surface area (Å²) in [4.78, 5) is 16.0. The van der Waals surface area contributed by atoms with Gasteiger partial charge in [0.15, 0.2) is 0 Å². The number of aromatic nitrogens is 1. The largest absolute Gasteiger partial charge is 0.477 e. The van der Waals surface area contributed by atoms with Gasteiger partial charge in [0.05, 0.1) is 10.7 Å². The van der Waals surface area contributed by atoms with Gasteiger partial charge in [0, 0.05) is 5.92 Å². The first-order valence-electron chi connectivity index (χ1n) is 6.46. The van der Waals surface area contributed by atoms with Crippen molar-refractivity contribution < 1.29 is 9.90 Å². The van der Waals surface area contributed by atoms with E-state index in [4.69, 9.17) is 0 Å². The molecule has 1 aromatic carbocycles. The Kier molecular flexibility index (Phi) is 4.35. The van der Waals surface area contributed by atoms with Gasteiger partial charge in [-0.1, -0.05) is 49.8 Å². The lowest BCUT2D eigenvalue weighted by atomic mass is 10.1. The van der Waals surface area contributed by atoms with Crippen LogP contribution >= 0.6 is 11.3 Å². The zero-order valence-corrected chi connectivity index (χ0v) is 12.6. The lowest BCUT2D eigenvalue weighted by Gasteiger charge is -1.95. The zero-order chi connectivity index (χ0) is 14.7. The number of carbonyl (C=O) groups is 1. The maximum Gasteiger partial charge on any atom is 0.348 e. The van der Waals surface area contributed by atoms with Crippen LogP contribution in [0.3, 0.4) is 0 Å². The van der Waals surface area contributed by atoms with Crippen molar-refractivity contribution in [3.05, 3.63) is 51.0 Å². The molecule has 2 rings (SSSR count). The molecule has 0 radical (unpaired) electrons. The van der Waals surface area contributed by atoms with Gasteiger partial charge in [0.1, 0.15) is 4.88 Å². The number of carboxylic acid groups (broad SMARTS) is 1. The van der Waals surface area contributed by atoms with Crippen molar-refractivity contribution in [2.45, 2.75) is 26.7 Å². The second kappa shape index (κ2) is 6.01. The van der Waals surface area contributed by atoms with E-state index < -0.39 is 5.97 Å². The van der Waals surface area contributed by atoms with Gasteiger partial charge < -0.3 is 5.11 Å². The number of aryl methyl sites for hydroxylation is 1. The average molecular weight is 287 g/mol. The Hall–Kier alpha value is -1.94. The van der Waals surface area contributed by atoms with E-state index in [0.717, 1.165) is 10.6 Å². The van der Waals surface area contributed by atoms with Crippen LogP contribution in [0.5, 0.6) is 0 Å². The van der Waals surface area contributed by atoms with Gasteiger partial charge in [-0.05, 0) is 18.6 Å². The van der Waals surface area contributed by atoms with Crippen LogP contribution in [0.2, 0.25) is 0 Å². The average Bonchev–Trinajstić information content (AvgIpc) is 2.82. The van der Waals surface area contributed by atoms with Crippen LogP contribution in [0.1, 0.15) is 51.3 Å². The number of rotatable bonds is 4. The van der Waals surface area contributed by atoms with Crippen LogP contribution < -0.4 is 0 Å². The first-order chi connectivity index (χ1) is 9.47. The summed E-state index contributed by atoms with van der Waals surface area (Å²) in [6.45, 7) is 6.06. The van der Waals surface area contributed by atoms with Crippen LogP contribution in [0.25, 0.3) is 12.2 Å². The predicted octanol–water partition coefficient (Wildman–Crippen LogP) is 4.44. The molecule has 4 heteroatoms. The number of hydrogen-bond donors (Lipinski definition) is 1. The fourth-order valence-electron chi connectivity index (χ4n) is 1.72. The number of hydrogen-bond acceptors (Lipinski definition) is 3. The molecule has 104 valence electrons. The maximum absolute atomic E-state index is 11.3. The van der Waals surface area contributed by atoms with Gasteiger partial charge in [-0.3, -0.25) is 0 Å². The van der Waals surface area contributed by atoms with Gasteiger partial charge in [-0.2, -0.15) is 0 Å². The number of aromatic carboxylic acids is 1. The van der Waals surface area contributed by atoms with Crippen molar-refractivity contribution in [1.29, 1.82) is 0 Å². The Morgan fingerprint density at radius 2 is 1.90 bits per heavy atom. The second-order valence-electron chi connectivity index (χ2n) is 4.97. The lowest BCUT2D eigenvalue weighted by Crippen LogP contribution is -1.94. The minimum Gasteiger partial charge on any atom is -0.477 e. The Morgan fingerprint density at radius 3 is 2.45 bits per heavy atom. The Morgan fingerprint density at radius 1 is 1.25 bits per heavy atom. The number of nitrogens with zero attached hydrogens (tertiary/aromatic N) is 1. The Balaban J connectivity index is 2.32. The van der Waals surface area contributed by atoms with Gasteiger partial charge in [0.2, 0.25) is 0 Å². The van der Waals surface area contributed by atoms with Crippen molar-refractivity contribution in [3.8, 4) is 0 Å². The molecule has 1 N–H and O–H groups in total. The zero-order valence-electron chi connectivity index (χ0n) is 11.8. The predicted molar refractivity (Wildman–Crippen MR) is 83.3 cm³/mol. The molecule has 0 spiro atoms. The van der Waals surface area contributed by atoms with Gasteiger partial charge in [-0.15, -0.1) is 11.3 Å². The molecule has 20 heavy (non-hydrogen) atoms. The van der Waals surface area contributed by atoms with Gasteiger partial charge >= 0.3 is 5.97 Å². The van der Waals surface area contributed by atoms with Crippen molar-refractivity contribution in [2.75, 3.05) is 0 Å². The summed E-state index contributed by atoms with van der Waals surface area (Å²) in [5, 5.41) is 10.1. The molecule has 0 aliphatic carbocycles.